The number of carbonyl (C=O) groups is 1. The normalized spacial score (nSPS) is 14.7. The molecule has 0 aliphatic carbocycles. The summed E-state index contributed by atoms with van der Waals surface area (Å²) in [5, 5.41) is 31.2. The third-order valence-corrected chi connectivity index (χ3v) is 3.25. The Hall–Kier alpha value is -1.22. The molecule has 2 unspecified atom stereocenters. The smallest absolute Gasteiger partial charge is 0.407 e. The summed E-state index contributed by atoms with van der Waals surface area (Å²) in [6.45, 7) is 4.85. The Morgan fingerprint density at radius 3 is 2.65 bits per heavy atom. The predicted molar refractivity (Wildman–Crippen MR) is 73.2 cm³/mol. The topological polar surface area (TPSA) is 112 Å². The SMILES string of the molecule is CC(C)(C)OC(=O)NCC(O)C(O)c1ncc(CO)s1. The van der Waals surface area contributed by atoms with Crippen LogP contribution in [-0.4, -0.2) is 44.6 Å². The molecule has 2 atom stereocenters. The Kier molecular flexibility index (Phi) is 5.88. The number of aliphatic hydroxyl groups excluding tert-OH is 3. The van der Waals surface area contributed by atoms with Crippen LogP contribution in [0, 0.1) is 0 Å². The zero-order valence-corrected chi connectivity index (χ0v) is 12.5. The Morgan fingerprint density at radius 2 is 2.15 bits per heavy atom. The maximum Gasteiger partial charge on any atom is 0.407 e. The van der Waals surface area contributed by atoms with Crippen molar-refractivity contribution < 1.29 is 24.9 Å². The summed E-state index contributed by atoms with van der Waals surface area (Å²) in [4.78, 5) is 15.9. The summed E-state index contributed by atoms with van der Waals surface area (Å²) >= 11 is 1.10. The van der Waals surface area contributed by atoms with Crippen LogP contribution in [0.4, 0.5) is 4.79 Å². The van der Waals surface area contributed by atoms with E-state index in [1.54, 1.807) is 20.8 Å². The lowest BCUT2D eigenvalue weighted by molar-refractivity contribution is 0.0128. The van der Waals surface area contributed by atoms with Crippen LogP contribution in [0.15, 0.2) is 6.20 Å². The molecule has 4 N–H and O–H groups in total. The van der Waals surface area contributed by atoms with Gasteiger partial charge in [-0.15, -0.1) is 11.3 Å². The lowest BCUT2D eigenvalue weighted by Gasteiger charge is -2.21. The molecule has 0 spiro atoms. The first-order valence-electron chi connectivity index (χ1n) is 6.11. The third-order valence-electron chi connectivity index (χ3n) is 2.20. The van der Waals surface area contributed by atoms with Gasteiger partial charge in [0, 0.05) is 12.7 Å². The molecular weight excluding hydrogens is 284 g/mol. The van der Waals surface area contributed by atoms with Gasteiger partial charge in [-0.25, -0.2) is 9.78 Å². The van der Waals surface area contributed by atoms with Gasteiger partial charge in [0.05, 0.1) is 11.5 Å². The second-order valence-electron chi connectivity index (χ2n) is 5.22. The van der Waals surface area contributed by atoms with E-state index in [9.17, 15) is 15.0 Å². The average Bonchev–Trinajstić information content (AvgIpc) is 2.81. The van der Waals surface area contributed by atoms with Crippen molar-refractivity contribution in [2.24, 2.45) is 0 Å². The van der Waals surface area contributed by atoms with E-state index >= 15 is 0 Å². The number of carbonyl (C=O) groups excluding carboxylic acids is 1. The first kappa shape index (κ1) is 16.8. The van der Waals surface area contributed by atoms with Gasteiger partial charge in [-0.3, -0.25) is 0 Å². The standard InChI is InChI=1S/C12H20N2O5S/c1-12(2,3)19-11(18)14-5-8(16)9(17)10-13-4-7(6-15)20-10/h4,8-9,15-17H,5-6H2,1-3H3,(H,14,18). The molecule has 0 radical (unpaired) electrons. The van der Waals surface area contributed by atoms with Gasteiger partial charge in [-0.1, -0.05) is 0 Å². The van der Waals surface area contributed by atoms with Crippen LogP contribution in [0.5, 0.6) is 0 Å². The van der Waals surface area contributed by atoms with Gasteiger partial charge in [0.2, 0.25) is 0 Å². The first-order chi connectivity index (χ1) is 9.23. The van der Waals surface area contributed by atoms with Crippen LogP contribution in [-0.2, 0) is 11.3 Å². The van der Waals surface area contributed by atoms with Crippen molar-refractivity contribution in [3.8, 4) is 0 Å². The van der Waals surface area contributed by atoms with Gasteiger partial charge in [0.1, 0.15) is 22.8 Å². The van der Waals surface area contributed by atoms with Crippen molar-refractivity contribution in [2.75, 3.05) is 6.54 Å². The molecule has 0 fully saturated rings. The molecule has 1 aromatic heterocycles. The fourth-order valence-electron chi connectivity index (χ4n) is 1.31. The average molecular weight is 304 g/mol. The number of nitrogens with zero attached hydrogens (tertiary/aromatic N) is 1. The van der Waals surface area contributed by atoms with E-state index in [4.69, 9.17) is 9.84 Å². The van der Waals surface area contributed by atoms with Crippen molar-refractivity contribution in [3.63, 3.8) is 0 Å². The minimum atomic E-state index is -1.23. The maximum atomic E-state index is 11.4. The summed E-state index contributed by atoms with van der Waals surface area (Å²) in [6.07, 6.45) is -1.67. The van der Waals surface area contributed by atoms with Crippen LogP contribution in [0.3, 0.4) is 0 Å². The number of ether oxygens (including phenoxy) is 1. The molecule has 114 valence electrons. The van der Waals surface area contributed by atoms with Crippen molar-refractivity contribution in [1.82, 2.24) is 10.3 Å². The fraction of sp³-hybridized carbons (Fsp3) is 0.667. The molecule has 1 aromatic rings. The molecule has 0 saturated carbocycles. The Morgan fingerprint density at radius 1 is 1.50 bits per heavy atom. The van der Waals surface area contributed by atoms with Gasteiger partial charge in [0.25, 0.3) is 0 Å². The van der Waals surface area contributed by atoms with Crippen LogP contribution in [0.2, 0.25) is 0 Å². The number of hydrogen-bond donors (Lipinski definition) is 4. The molecule has 0 saturated heterocycles. The highest BCUT2D eigenvalue weighted by Crippen LogP contribution is 2.22. The lowest BCUT2D eigenvalue weighted by Crippen LogP contribution is -2.38. The van der Waals surface area contributed by atoms with Crippen molar-refractivity contribution in [1.29, 1.82) is 0 Å². The third kappa shape index (κ3) is 5.41. The molecule has 1 rings (SSSR count). The summed E-state index contributed by atoms with van der Waals surface area (Å²) in [6, 6.07) is 0. The van der Waals surface area contributed by atoms with Crippen LogP contribution < -0.4 is 5.32 Å². The second kappa shape index (κ2) is 6.98. The minimum absolute atomic E-state index is 0.163. The summed E-state index contributed by atoms with van der Waals surface area (Å²) in [7, 11) is 0. The van der Waals surface area contributed by atoms with Crippen molar-refractivity contribution in [2.45, 2.75) is 45.2 Å². The van der Waals surface area contributed by atoms with Gasteiger partial charge < -0.3 is 25.4 Å². The number of amides is 1. The molecule has 0 aliphatic heterocycles. The van der Waals surface area contributed by atoms with Gasteiger partial charge in [0.15, 0.2) is 0 Å². The van der Waals surface area contributed by atoms with E-state index in [2.05, 4.69) is 10.3 Å². The monoisotopic (exact) mass is 304 g/mol. The van der Waals surface area contributed by atoms with Crippen LogP contribution in [0.25, 0.3) is 0 Å². The van der Waals surface area contributed by atoms with E-state index in [1.807, 2.05) is 0 Å². The van der Waals surface area contributed by atoms with Gasteiger partial charge >= 0.3 is 6.09 Å². The number of aromatic nitrogens is 1. The molecular formula is C12H20N2O5S. The van der Waals surface area contributed by atoms with Gasteiger partial charge in [-0.2, -0.15) is 0 Å². The molecule has 1 amide bonds. The summed E-state index contributed by atoms with van der Waals surface area (Å²) < 4.78 is 5.01. The maximum absolute atomic E-state index is 11.4. The zero-order valence-electron chi connectivity index (χ0n) is 11.7. The molecule has 0 aliphatic rings. The molecule has 8 heteroatoms. The molecule has 1 heterocycles. The molecule has 0 bridgehead atoms. The Labute approximate surface area is 121 Å². The van der Waals surface area contributed by atoms with Crippen LogP contribution >= 0.6 is 11.3 Å². The fourth-order valence-corrected chi connectivity index (χ4v) is 2.13. The number of rotatable bonds is 5. The van der Waals surface area contributed by atoms with E-state index in [0.717, 1.165) is 11.3 Å². The molecule has 20 heavy (non-hydrogen) atoms. The van der Waals surface area contributed by atoms with Crippen LogP contribution in [0.1, 0.15) is 36.8 Å². The summed E-state index contributed by atoms with van der Waals surface area (Å²) in [5.41, 5.74) is -0.626. The van der Waals surface area contributed by atoms with E-state index in [0.29, 0.717) is 4.88 Å². The highest BCUT2D eigenvalue weighted by molar-refractivity contribution is 7.11. The highest BCUT2D eigenvalue weighted by atomic mass is 32.1. The number of hydrogen-bond acceptors (Lipinski definition) is 7. The predicted octanol–water partition coefficient (Wildman–Crippen LogP) is 0.554. The molecule has 7 nitrogen and oxygen atoms in total. The Balaban J connectivity index is 2.46. The quantitative estimate of drug-likeness (QED) is 0.632. The number of nitrogens with one attached hydrogen (secondary N) is 1. The minimum Gasteiger partial charge on any atom is -0.444 e. The first-order valence-corrected chi connectivity index (χ1v) is 6.93. The van der Waals surface area contributed by atoms with E-state index in [-0.39, 0.29) is 18.2 Å². The number of alkyl carbamates (subject to hydrolysis) is 1. The largest absolute Gasteiger partial charge is 0.444 e. The zero-order chi connectivity index (χ0) is 15.3. The number of thiazole rings is 1. The van der Waals surface area contributed by atoms with Crippen molar-refractivity contribution >= 4 is 17.4 Å². The van der Waals surface area contributed by atoms with E-state index in [1.165, 1.54) is 6.20 Å². The van der Waals surface area contributed by atoms with E-state index < -0.39 is 23.9 Å². The summed E-state index contributed by atoms with van der Waals surface area (Å²) in [5.74, 6) is 0. The molecule has 0 aromatic carbocycles. The lowest BCUT2D eigenvalue weighted by atomic mass is 10.2. The number of aliphatic hydroxyl groups is 3. The Bertz CT molecular complexity index is 443. The van der Waals surface area contributed by atoms with Gasteiger partial charge in [-0.05, 0) is 20.8 Å². The second-order valence-corrected chi connectivity index (χ2v) is 6.36. The van der Waals surface area contributed by atoms with Crippen molar-refractivity contribution in [3.05, 3.63) is 16.1 Å². The highest BCUT2D eigenvalue weighted by Gasteiger charge is 2.23.